The first-order chi connectivity index (χ1) is 12.0. The van der Waals surface area contributed by atoms with Crippen LogP contribution < -0.4 is 5.32 Å². The fourth-order valence-electron chi connectivity index (χ4n) is 3.29. The summed E-state index contributed by atoms with van der Waals surface area (Å²) in [7, 11) is 0. The minimum atomic E-state index is -4.33. The summed E-state index contributed by atoms with van der Waals surface area (Å²) in [4.78, 5) is 4.27. The zero-order valence-corrected chi connectivity index (χ0v) is 13.9. The highest BCUT2D eigenvalue weighted by atomic mass is 19.4. The standard InChI is InChI=1S/C19H21F3N2O/c20-19(21,22)16-5-3-4-15(12-16)18(7-10-25-11-8-18)14-23-13-17-6-1-2-9-24-17/h1-6,9,12,23H,7-8,10-11,13-14H2. The lowest BCUT2D eigenvalue weighted by molar-refractivity contribution is -0.137. The van der Waals surface area contributed by atoms with Crippen LogP contribution in [0.3, 0.4) is 0 Å². The Labute approximate surface area is 145 Å². The van der Waals surface area contributed by atoms with Crippen molar-refractivity contribution in [3.8, 4) is 0 Å². The lowest BCUT2D eigenvalue weighted by Gasteiger charge is -2.38. The molecular formula is C19H21F3N2O. The molecule has 0 amide bonds. The van der Waals surface area contributed by atoms with Crippen molar-refractivity contribution < 1.29 is 17.9 Å². The average molecular weight is 350 g/mol. The maximum atomic E-state index is 13.1. The molecule has 1 aromatic heterocycles. The van der Waals surface area contributed by atoms with Crippen molar-refractivity contribution in [3.05, 3.63) is 65.5 Å². The second-order valence-electron chi connectivity index (χ2n) is 6.40. The summed E-state index contributed by atoms with van der Waals surface area (Å²) in [5.41, 5.74) is 0.683. The van der Waals surface area contributed by atoms with Crippen LogP contribution in [-0.4, -0.2) is 24.7 Å². The average Bonchev–Trinajstić information content (AvgIpc) is 2.63. The molecule has 1 N–H and O–H groups in total. The van der Waals surface area contributed by atoms with Crippen molar-refractivity contribution in [2.24, 2.45) is 0 Å². The number of rotatable bonds is 5. The topological polar surface area (TPSA) is 34.2 Å². The highest BCUT2D eigenvalue weighted by Gasteiger charge is 2.37. The predicted octanol–water partition coefficient (Wildman–Crippen LogP) is 3.94. The van der Waals surface area contributed by atoms with Gasteiger partial charge in [-0.2, -0.15) is 13.2 Å². The summed E-state index contributed by atoms with van der Waals surface area (Å²) in [6.45, 7) is 2.29. The van der Waals surface area contributed by atoms with Crippen LogP contribution in [0.4, 0.5) is 13.2 Å². The van der Waals surface area contributed by atoms with Crippen LogP contribution in [0, 0.1) is 0 Å². The number of nitrogens with one attached hydrogen (secondary N) is 1. The monoisotopic (exact) mass is 350 g/mol. The number of hydrogen-bond donors (Lipinski definition) is 1. The van der Waals surface area contributed by atoms with Crippen molar-refractivity contribution in [2.45, 2.75) is 31.0 Å². The van der Waals surface area contributed by atoms with E-state index >= 15 is 0 Å². The third kappa shape index (κ3) is 4.38. The van der Waals surface area contributed by atoms with E-state index < -0.39 is 11.7 Å². The van der Waals surface area contributed by atoms with Gasteiger partial charge in [-0.25, -0.2) is 0 Å². The molecule has 0 atom stereocenters. The van der Waals surface area contributed by atoms with Gasteiger partial charge in [0, 0.05) is 37.9 Å². The van der Waals surface area contributed by atoms with E-state index in [1.54, 1.807) is 12.3 Å². The number of ether oxygens (including phenoxy) is 1. The van der Waals surface area contributed by atoms with Gasteiger partial charge >= 0.3 is 6.18 Å². The largest absolute Gasteiger partial charge is 0.416 e. The first kappa shape index (κ1) is 17.9. The molecule has 0 aliphatic carbocycles. The van der Waals surface area contributed by atoms with Crippen LogP contribution in [-0.2, 0) is 22.9 Å². The Morgan fingerprint density at radius 1 is 1.08 bits per heavy atom. The lowest BCUT2D eigenvalue weighted by atomic mass is 9.73. The second-order valence-corrected chi connectivity index (χ2v) is 6.40. The van der Waals surface area contributed by atoms with E-state index in [4.69, 9.17) is 4.74 Å². The lowest BCUT2D eigenvalue weighted by Crippen LogP contribution is -2.42. The Hall–Kier alpha value is -1.92. The first-order valence-corrected chi connectivity index (χ1v) is 8.36. The molecule has 2 heterocycles. The molecule has 1 saturated heterocycles. The molecule has 2 aromatic rings. The van der Waals surface area contributed by atoms with Gasteiger partial charge in [-0.05, 0) is 36.6 Å². The zero-order chi connectivity index (χ0) is 17.8. The molecule has 134 valence electrons. The molecular weight excluding hydrogens is 329 g/mol. The number of halogens is 3. The smallest absolute Gasteiger partial charge is 0.381 e. The van der Waals surface area contributed by atoms with Crippen LogP contribution in [0.1, 0.15) is 29.7 Å². The molecule has 3 nitrogen and oxygen atoms in total. The van der Waals surface area contributed by atoms with Gasteiger partial charge in [0.1, 0.15) is 0 Å². The summed E-state index contributed by atoms with van der Waals surface area (Å²) >= 11 is 0. The zero-order valence-electron chi connectivity index (χ0n) is 13.9. The molecule has 25 heavy (non-hydrogen) atoms. The molecule has 0 saturated carbocycles. The molecule has 1 aliphatic heterocycles. The number of hydrogen-bond acceptors (Lipinski definition) is 3. The van der Waals surface area contributed by atoms with Gasteiger partial charge in [0.05, 0.1) is 11.3 Å². The molecule has 0 spiro atoms. The highest BCUT2D eigenvalue weighted by molar-refractivity contribution is 5.32. The predicted molar refractivity (Wildman–Crippen MR) is 89.1 cm³/mol. The fourth-order valence-corrected chi connectivity index (χ4v) is 3.29. The van der Waals surface area contributed by atoms with Gasteiger partial charge in [-0.15, -0.1) is 0 Å². The second kappa shape index (κ2) is 7.54. The van der Waals surface area contributed by atoms with Crippen LogP contribution >= 0.6 is 0 Å². The third-order valence-electron chi connectivity index (χ3n) is 4.75. The molecule has 0 radical (unpaired) electrons. The number of alkyl halides is 3. The summed E-state index contributed by atoms with van der Waals surface area (Å²) in [5, 5.41) is 3.37. The molecule has 0 bridgehead atoms. The minimum Gasteiger partial charge on any atom is -0.381 e. The van der Waals surface area contributed by atoms with E-state index in [2.05, 4.69) is 10.3 Å². The molecule has 1 aromatic carbocycles. The van der Waals surface area contributed by atoms with Crippen molar-refractivity contribution >= 4 is 0 Å². The minimum absolute atomic E-state index is 0.353. The molecule has 1 aliphatic rings. The maximum Gasteiger partial charge on any atom is 0.416 e. The van der Waals surface area contributed by atoms with E-state index in [0.717, 1.165) is 17.3 Å². The highest BCUT2D eigenvalue weighted by Crippen LogP contribution is 2.37. The maximum absolute atomic E-state index is 13.1. The van der Waals surface area contributed by atoms with Crippen molar-refractivity contribution in [1.29, 1.82) is 0 Å². The third-order valence-corrected chi connectivity index (χ3v) is 4.75. The number of pyridine rings is 1. The summed E-state index contributed by atoms with van der Waals surface area (Å²) in [6.07, 6.45) is -1.20. The SMILES string of the molecule is FC(F)(F)c1cccc(C2(CNCc3ccccn3)CCOCC2)c1. The van der Waals surface area contributed by atoms with Crippen LogP contribution in [0.25, 0.3) is 0 Å². The van der Waals surface area contributed by atoms with Gasteiger partial charge in [0.25, 0.3) is 0 Å². The molecule has 3 rings (SSSR count). The summed E-state index contributed by atoms with van der Waals surface area (Å²) < 4.78 is 44.7. The fraction of sp³-hybridized carbons (Fsp3) is 0.421. The van der Waals surface area contributed by atoms with E-state index in [0.29, 0.717) is 39.1 Å². The Morgan fingerprint density at radius 3 is 2.56 bits per heavy atom. The summed E-state index contributed by atoms with van der Waals surface area (Å²) in [6, 6.07) is 11.4. The van der Waals surface area contributed by atoms with E-state index in [1.807, 2.05) is 18.2 Å². The summed E-state index contributed by atoms with van der Waals surface area (Å²) in [5.74, 6) is 0. The number of nitrogens with zero attached hydrogens (tertiary/aromatic N) is 1. The Balaban J connectivity index is 1.79. The van der Waals surface area contributed by atoms with Crippen molar-refractivity contribution in [2.75, 3.05) is 19.8 Å². The van der Waals surface area contributed by atoms with Gasteiger partial charge in [-0.3, -0.25) is 4.98 Å². The number of aromatic nitrogens is 1. The molecule has 0 unspecified atom stereocenters. The Morgan fingerprint density at radius 2 is 1.88 bits per heavy atom. The molecule has 1 fully saturated rings. The van der Waals surface area contributed by atoms with E-state index in [9.17, 15) is 13.2 Å². The Kier molecular flexibility index (Phi) is 5.39. The van der Waals surface area contributed by atoms with Crippen molar-refractivity contribution in [1.82, 2.24) is 10.3 Å². The van der Waals surface area contributed by atoms with Crippen molar-refractivity contribution in [3.63, 3.8) is 0 Å². The van der Waals surface area contributed by atoms with E-state index in [-0.39, 0.29) is 5.41 Å². The van der Waals surface area contributed by atoms with Gasteiger partial charge in [-0.1, -0.05) is 24.3 Å². The molecule has 6 heteroatoms. The quantitative estimate of drug-likeness (QED) is 0.887. The number of benzene rings is 1. The first-order valence-electron chi connectivity index (χ1n) is 8.36. The van der Waals surface area contributed by atoms with Gasteiger partial charge in [0.15, 0.2) is 0 Å². The van der Waals surface area contributed by atoms with Crippen LogP contribution in [0.15, 0.2) is 48.7 Å². The Bertz CT molecular complexity index is 683. The van der Waals surface area contributed by atoms with Crippen LogP contribution in [0.2, 0.25) is 0 Å². The normalized spacial score (nSPS) is 17.4. The van der Waals surface area contributed by atoms with Gasteiger partial charge < -0.3 is 10.1 Å². The van der Waals surface area contributed by atoms with E-state index in [1.165, 1.54) is 12.1 Å². The van der Waals surface area contributed by atoms with Gasteiger partial charge in [0.2, 0.25) is 0 Å². The van der Waals surface area contributed by atoms with Crippen LogP contribution in [0.5, 0.6) is 0 Å².